The molecule has 0 amide bonds. The van der Waals surface area contributed by atoms with Crippen molar-refractivity contribution in [2.45, 2.75) is 18.9 Å². The molecule has 2 aromatic rings. The Morgan fingerprint density at radius 2 is 2.26 bits per heavy atom. The van der Waals surface area contributed by atoms with Gasteiger partial charge < -0.3 is 10.1 Å². The van der Waals surface area contributed by atoms with Gasteiger partial charge in [0.2, 0.25) is 0 Å². The number of para-hydroxylation sites is 1. The van der Waals surface area contributed by atoms with Gasteiger partial charge in [-0.1, -0.05) is 18.2 Å². The number of fused-ring (bicyclic) bond motifs is 1. The molecular weight excluding hydrogens is 254 g/mol. The van der Waals surface area contributed by atoms with Crippen LogP contribution in [0.3, 0.4) is 0 Å². The van der Waals surface area contributed by atoms with Gasteiger partial charge in [-0.15, -0.1) is 0 Å². The van der Waals surface area contributed by atoms with Gasteiger partial charge in [-0.2, -0.15) is 11.3 Å². The highest BCUT2D eigenvalue weighted by atomic mass is 32.1. The zero-order chi connectivity index (χ0) is 13.1. The number of rotatable bonds is 4. The molecule has 0 fully saturated rings. The summed E-state index contributed by atoms with van der Waals surface area (Å²) in [4.78, 5) is 0. The minimum atomic E-state index is 0.475. The summed E-state index contributed by atoms with van der Waals surface area (Å²) in [7, 11) is 2.05. The van der Waals surface area contributed by atoms with Crippen LogP contribution in [0.5, 0.6) is 5.75 Å². The molecule has 1 aromatic heterocycles. The minimum absolute atomic E-state index is 0.475. The van der Waals surface area contributed by atoms with Crippen molar-refractivity contribution in [3.63, 3.8) is 0 Å². The Kier molecular flexibility index (Phi) is 3.85. The molecule has 1 aliphatic rings. The molecule has 2 nitrogen and oxygen atoms in total. The Bertz CT molecular complexity index is 523. The molecule has 2 heterocycles. The Morgan fingerprint density at radius 1 is 1.37 bits per heavy atom. The fraction of sp³-hybridized carbons (Fsp3) is 0.375. The topological polar surface area (TPSA) is 21.3 Å². The summed E-state index contributed by atoms with van der Waals surface area (Å²) in [5.74, 6) is 1.60. The lowest BCUT2D eigenvalue weighted by Gasteiger charge is -2.31. The molecular formula is C16H19NOS. The fourth-order valence-electron chi connectivity index (χ4n) is 2.78. The van der Waals surface area contributed by atoms with Crippen LogP contribution in [-0.2, 0) is 12.8 Å². The van der Waals surface area contributed by atoms with Crippen LogP contribution in [0.15, 0.2) is 41.1 Å². The largest absolute Gasteiger partial charge is 0.493 e. The maximum absolute atomic E-state index is 5.90. The third kappa shape index (κ3) is 2.82. The van der Waals surface area contributed by atoms with E-state index in [1.807, 2.05) is 6.07 Å². The number of benzene rings is 1. The van der Waals surface area contributed by atoms with Crippen LogP contribution in [0.4, 0.5) is 0 Å². The average molecular weight is 273 g/mol. The van der Waals surface area contributed by atoms with Gasteiger partial charge in [-0.05, 0) is 53.9 Å². The number of hydrogen-bond donors (Lipinski definition) is 1. The van der Waals surface area contributed by atoms with E-state index in [-0.39, 0.29) is 0 Å². The summed E-state index contributed by atoms with van der Waals surface area (Å²) in [6.45, 7) is 0.812. The van der Waals surface area contributed by atoms with E-state index < -0.39 is 0 Å². The fourth-order valence-corrected chi connectivity index (χ4v) is 3.46. The summed E-state index contributed by atoms with van der Waals surface area (Å²) < 4.78 is 5.90. The van der Waals surface area contributed by atoms with Crippen molar-refractivity contribution in [1.29, 1.82) is 0 Å². The summed E-state index contributed by atoms with van der Waals surface area (Å²) in [6.07, 6.45) is 2.18. The first-order valence-electron chi connectivity index (χ1n) is 6.76. The quantitative estimate of drug-likeness (QED) is 0.924. The van der Waals surface area contributed by atoms with E-state index in [1.165, 1.54) is 11.1 Å². The zero-order valence-electron chi connectivity index (χ0n) is 11.1. The van der Waals surface area contributed by atoms with Gasteiger partial charge in [0.15, 0.2) is 0 Å². The van der Waals surface area contributed by atoms with Crippen molar-refractivity contribution in [3.8, 4) is 5.75 Å². The SMILES string of the molecule is CNC(Cc1ccsc1)C1COc2ccccc2C1. The van der Waals surface area contributed by atoms with Gasteiger partial charge in [-0.3, -0.25) is 0 Å². The summed E-state index contributed by atoms with van der Waals surface area (Å²) >= 11 is 1.77. The highest BCUT2D eigenvalue weighted by molar-refractivity contribution is 7.07. The Labute approximate surface area is 118 Å². The maximum Gasteiger partial charge on any atom is 0.122 e. The monoisotopic (exact) mass is 273 g/mol. The average Bonchev–Trinajstić information content (AvgIpc) is 2.97. The van der Waals surface area contributed by atoms with Crippen LogP contribution in [0.2, 0.25) is 0 Å². The van der Waals surface area contributed by atoms with Gasteiger partial charge in [-0.25, -0.2) is 0 Å². The zero-order valence-corrected chi connectivity index (χ0v) is 12.0. The standard InChI is InChI=1S/C16H19NOS/c1-17-15(8-12-6-7-19-11-12)14-9-13-4-2-3-5-16(13)18-10-14/h2-7,11,14-15,17H,8-10H2,1H3. The maximum atomic E-state index is 5.90. The third-order valence-corrected chi connectivity index (χ3v) is 4.62. The highest BCUT2D eigenvalue weighted by Gasteiger charge is 2.26. The molecule has 100 valence electrons. The molecule has 2 atom stereocenters. The number of hydrogen-bond acceptors (Lipinski definition) is 3. The number of thiophene rings is 1. The second-order valence-corrected chi connectivity index (χ2v) is 5.89. The molecule has 0 aliphatic carbocycles. The first-order valence-corrected chi connectivity index (χ1v) is 7.70. The normalized spacial score (nSPS) is 19.5. The van der Waals surface area contributed by atoms with Crippen molar-refractivity contribution in [3.05, 3.63) is 52.2 Å². The molecule has 0 saturated heterocycles. The number of ether oxygens (including phenoxy) is 1. The van der Waals surface area contributed by atoms with Gasteiger partial charge in [0.1, 0.15) is 5.75 Å². The minimum Gasteiger partial charge on any atom is -0.493 e. The van der Waals surface area contributed by atoms with Crippen LogP contribution >= 0.6 is 11.3 Å². The van der Waals surface area contributed by atoms with E-state index in [9.17, 15) is 0 Å². The first kappa shape index (κ1) is 12.7. The van der Waals surface area contributed by atoms with Gasteiger partial charge in [0, 0.05) is 12.0 Å². The van der Waals surface area contributed by atoms with E-state index >= 15 is 0 Å². The van der Waals surface area contributed by atoms with E-state index in [2.05, 4.69) is 47.4 Å². The predicted molar refractivity (Wildman–Crippen MR) is 80.0 cm³/mol. The van der Waals surface area contributed by atoms with Gasteiger partial charge >= 0.3 is 0 Å². The molecule has 0 saturated carbocycles. The van der Waals surface area contributed by atoms with Crippen molar-refractivity contribution >= 4 is 11.3 Å². The lowest BCUT2D eigenvalue weighted by molar-refractivity contribution is 0.187. The van der Waals surface area contributed by atoms with Gasteiger partial charge in [0.05, 0.1) is 6.61 Å². The van der Waals surface area contributed by atoms with Crippen LogP contribution in [-0.4, -0.2) is 19.7 Å². The third-order valence-electron chi connectivity index (χ3n) is 3.88. The second-order valence-electron chi connectivity index (χ2n) is 5.11. The molecule has 3 heteroatoms. The molecule has 0 radical (unpaired) electrons. The molecule has 1 N–H and O–H groups in total. The van der Waals surface area contributed by atoms with E-state index in [4.69, 9.17) is 4.74 Å². The second kappa shape index (κ2) is 5.76. The number of nitrogens with one attached hydrogen (secondary N) is 1. The smallest absolute Gasteiger partial charge is 0.122 e. The molecule has 2 unspecified atom stereocenters. The van der Waals surface area contributed by atoms with E-state index in [0.717, 1.165) is 25.2 Å². The molecule has 19 heavy (non-hydrogen) atoms. The summed E-state index contributed by atoms with van der Waals surface area (Å²) in [5, 5.41) is 7.85. The van der Waals surface area contributed by atoms with Crippen molar-refractivity contribution in [2.24, 2.45) is 5.92 Å². The summed E-state index contributed by atoms with van der Waals surface area (Å²) in [6, 6.07) is 11.1. The van der Waals surface area contributed by atoms with Gasteiger partial charge in [0.25, 0.3) is 0 Å². The molecule has 0 bridgehead atoms. The molecule has 3 rings (SSSR count). The number of likely N-dealkylation sites (N-methyl/N-ethyl adjacent to an activating group) is 1. The van der Waals surface area contributed by atoms with Crippen LogP contribution in [0.25, 0.3) is 0 Å². The summed E-state index contributed by atoms with van der Waals surface area (Å²) in [5.41, 5.74) is 2.76. The Hall–Kier alpha value is -1.32. The predicted octanol–water partition coefficient (Wildman–Crippen LogP) is 3.13. The molecule has 0 spiro atoms. The molecule has 1 aromatic carbocycles. The van der Waals surface area contributed by atoms with Crippen molar-refractivity contribution < 1.29 is 4.74 Å². The Morgan fingerprint density at radius 3 is 3.05 bits per heavy atom. The van der Waals surface area contributed by atoms with Crippen LogP contribution in [0.1, 0.15) is 11.1 Å². The Balaban J connectivity index is 1.72. The van der Waals surface area contributed by atoms with Crippen LogP contribution in [0, 0.1) is 5.92 Å². The van der Waals surface area contributed by atoms with Crippen molar-refractivity contribution in [1.82, 2.24) is 5.32 Å². The van der Waals surface area contributed by atoms with Crippen molar-refractivity contribution in [2.75, 3.05) is 13.7 Å². The van der Waals surface area contributed by atoms with E-state index in [0.29, 0.717) is 12.0 Å². The highest BCUT2D eigenvalue weighted by Crippen LogP contribution is 2.29. The van der Waals surface area contributed by atoms with Crippen LogP contribution < -0.4 is 10.1 Å². The lowest BCUT2D eigenvalue weighted by Crippen LogP contribution is -2.41. The lowest BCUT2D eigenvalue weighted by atomic mass is 9.87. The molecule has 1 aliphatic heterocycles. The van der Waals surface area contributed by atoms with E-state index in [1.54, 1.807) is 11.3 Å². The first-order chi connectivity index (χ1) is 9.36.